The molecule has 1 aliphatic rings. The minimum Gasteiger partial charge on any atom is -0.207 e. The summed E-state index contributed by atoms with van der Waals surface area (Å²) in [6.07, 6.45) is -1.19. The lowest BCUT2D eigenvalue weighted by atomic mass is 9.92. The van der Waals surface area contributed by atoms with Crippen molar-refractivity contribution in [2.24, 2.45) is 0 Å². The van der Waals surface area contributed by atoms with Crippen LogP contribution in [0.5, 0.6) is 0 Å². The van der Waals surface area contributed by atoms with Gasteiger partial charge in [-0.2, -0.15) is 13.2 Å². The zero-order chi connectivity index (χ0) is 22.9. The highest BCUT2D eigenvalue weighted by Gasteiger charge is 2.31. The maximum Gasteiger partial charge on any atom is 0.402 e. The standard InChI is InChI=1S/C25H22F3NO2S/c1-17-10-11-20(24(14-17)32(30,31)29-16-25(26,27)28)15-23-21-8-4-2-6-18(21)12-13-19-7-3-5-9-22(19)23/h2-11,14-15,29H,12-13,16H2,1H3. The molecule has 0 fully saturated rings. The molecular weight excluding hydrogens is 435 g/mol. The van der Waals surface area contributed by atoms with Crippen molar-refractivity contribution in [3.63, 3.8) is 0 Å². The molecule has 0 unspecified atom stereocenters. The van der Waals surface area contributed by atoms with Crippen molar-refractivity contribution in [2.75, 3.05) is 6.54 Å². The first-order chi connectivity index (χ1) is 15.1. The summed E-state index contributed by atoms with van der Waals surface area (Å²) in [6, 6.07) is 20.7. The monoisotopic (exact) mass is 457 g/mol. The number of rotatable bonds is 4. The van der Waals surface area contributed by atoms with Gasteiger partial charge in [-0.15, -0.1) is 0 Å². The van der Waals surface area contributed by atoms with Gasteiger partial charge in [-0.3, -0.25) is 0 Å². The van der Waals surface area contributed by atoms with Crippen molar-refractivity contribution in [3.05, 3.63) is 100 Å². The van der Waals surface area contributed by atoms with Crippen LogP contribution in [0, 0.1) is 6.92 Å². The van der Waals surface area contributed by atoms with Crippen LogP contribution in [0.4, 0.5) is 13.2 Å². The first kappa shape index (κ1) is 22.3. The molecule has 0 saturated heterocycles. The number of sulfonamides is 1. The Hall–Kier alpha value is -2.90. The maximum atomic E-state index is 12.8. The molecule has 0 aromatic heterocycles. The lowest BCUT2D eigenvalue weighted by molar-refractivity contribution is -0.121. The number of nitrogens with one attached hydrogen (secondary N) is 1. The van der Waals surface area contributed by atoms with E-state index in [1.807, 2.05) is 48.5 Å². The maximum absolute atomic E-state index is 12.8. The zero-order valence-corrected chi connectivity index (χ0v) is 18.2. The molecule has 3 aromatic rings. The molecule has 1 N–H and O–H groups in total. The fourth-order valence-electron chi connectivity index (χ4n) is 3.98. The molecule has 0 spiro atoms. The number of hydrogen-bond acceptors (Lipinski definition) is 2. The van der Waals surface area contributed by atoms with E-state index in [0.717, 1.165) is 40.7 Å². The van der Waals surface area contributed by atoms with Gasteiger partial charge in [-0.05, 0) is 70.9 Å². The summed E-state index contributed by atoms with van der Waals surface area (Å²) in [5.41, 5.74) is 6.09. The van der Waals surface area contributed by atoms with Crippen molar-refractivity contribution in [1.29, 1.82) is 0 Å². The average molecular weight is 458 g/mol. The quantitative estimate of drug-likeness (QED) is 0.561. The second kappa shape index (κ2) is 8.56. The Labute approximate surface area is 185 Å². The van der Waals surface area contributed by atoms with Gasteiger partial charge in [0.1, 0.15) is 6.54 Å². The highest BCUT2D eigenvalue weighted by Crippen LogP contribution is 2.36. The Morgan fingerprint density at radius 1 is 0.906 bits per heavy atom. The molecule has 166 valence electrons. The summed E-state index contributed by atoms with van der Waals surface area (Å²) in [4.78, 5) is -0.173. The van der Waals surface area contributed by atoms with Gasteiger partial charge in [0.15, 0.2) is 0 Å². The van der Waals surface area contributed by atoms with Crippen molar-refractivity contribution < 1.29 is 21.6 Å². The molecule has 32 heavy (non-hydrogen) atoms. The van der Waals surface area contributed by atoms with E-state index in [0.29, 0.717) is 11.1 Å². The van der Waals surface area contributed by atoms with Crippen LogP contribution in [0.3, 0.4) is 0 Å². The molecule has 0 radical (unpaired) electrons. The van der Waals surface area contributed by atoms with Crippen LogP contribution in [0.15, 0.2) is 71.6 Å². The first-order valence-electron chi connectivity index (χ1n) is 10.2. The van der Waals surface area contributed by atoms with E-state index in [-0.39, 0.29) is 4.90 Å². The van der Waals surface area contributed by atoms with Crippen molar-refractivity contribution >= 4 is 21.7 Å². The molecule has 0 heterocycles. The Morgan fingerprint density at radius 3 is 2.03 bits per heavy atom. The van der Waals surface area contributed by atoms with Crippen molar-refractivity contribution in [2.45, 2.75) is 30.8 Å². The molecule has 1 aliphatic carbocycles. The third kappa shape index (κ3) is 4.79. The number of alkyl halides is 3. The molecule has 0 bridgehead atoms. The van der Waals surface area contributed by atoms with Crippen molar-refractivity contribution in [3.8, 4) is 0 Å². The van der Waals surface area contributed by atoms with E-state index < -0.39 is 22.7 Å². The van der Waals surface area contributed by atoms with Crippen LogP contribution < -0.4 is 4.72 Å². The molecule has 0 atom stereocenters. The molecule has 7 heteroatoms. The van der Waals surface area contributed by atoms with Gasteiger partial charge >= 0.3 is 6.18 Å². The summed E-state index contributed by atoms with van der Waals surface area (Å²) in [7, 11) is -4.38. The highest BCUT2D eigenvalue weighted by molar-refractivity contribution is 7.89. The minimum absolute atomic E-state index is 0.173. The lowest BCUT2D eigenvalue weighted by Gasteiger charge is -2.15. The third-order valence-corrected chi connectivity index (χ3v) is 6.96. The first-order valence-corrected chi connectivity index (χ1v) is 11.7. The van der Waals surface area contributed by atoms with Gasteiger partial charge in [-0.1, -0.05) is 60.7 Å². The van der Waals surface area contributed by atoms with Gasteiger partial charge in [0, 0.05) is 0 Å². The van der Waals surface area contributed by atoms with Crippen molar-refractivity contribution in [1.82, 2.24) is 4.72 Å². The second-order valence-electron chi connectivity index (χ2n) is 7.85. The van der Waals surface area contributed by atoms with Crippen LogP contribution in [-0.2, 0) is 22.9 Å². The number of benzene rings is 3. The normalized spacial score (nSPS) is 13.8. The number of halogens is 3. The zero-order valence-electron chi connectivity index (χ0n) is 17.4. The van der Waals surface area contributed by atoms with Crippen LogP contribution in [0.1, 0.15) is 33.4 Å². The predicted octanol–water partition coefficient (Wildman–Crippen LogP) is 5.52. The van der Waals surface area contributed by atoms with E-state index in [9.17, 15) is 21.6 Å². The van der Waals surface area contributed by atoms with E-state index >= 15 is 0 Å². The van der Waals surface area contributed by atoms with E-state index in [1.54, 1.807) is 29.9 Å². The molecule has 3 nitrogen and oxygen atoms in total. The summed E-state index contributed by atoms with van der Waals surface area (Å²) in [5.74, 6) is 0. The fraction of sp³-hybridized carbons (Fsp3) is 0.200. The Morgan fingerprint density at radius 2 is 1.47 bits per heavy atom. The number of hydrogen-bond donors (Lipinski definition) is 1. The largest absolute Gasteiger partial charge is 0.402 e. The molecule has 0 saturated carbocycles. The molecule has 0 aliphatic heterocycles. The average Bonchev–Trinajstić information content (AvgIpc) is 2.91. The summed E-state index contributed by atoms with van der Waals surface area (Å²) in [6.45, 7) is 0.0842. The van der Waals surface area contributed by atoms with E-state index in [1.165, 1.54) is 6.07 Å². The Kier molecular flexibility index (Phi) is 5.97. The number of aryl methyl sites for hydroxylation is 3. The fourth-order valence-corrected chi connectivity index (χ4v) is 5.26. The lowest BCUT2D eigenvalue weighted by Crippen LogP contribution is -2.34. The smallest absolute Gasteiger partial charge is 0.207 e. The summed E-state index contributed by atoms with van der Waals surface area (Å²) >= 11 is 0. The minimum atomic E-state index is -4.64. The number of fused-ring (bicyclic) bond motifs is 2. The van der Waals surface area contributed by atoms with E-state index in [4.69, 9.17) is 0 Å². The van der Waals surface area contributed by atoms with Crippen LogP contribution in [0.25, 0.3) is 11.6 Å². The highest BCUT2D eigenvalue weighted by atomic mass is 32.2. The third-order valence-electron chi connectivity index (χ3n) is 5.50. The Bertz CT molecular complexity index is 1250. The summed E-state index contributed by atoms with van der Waals surface area (Å²) in [5, 5.41) is 0. The molecule has 0 amide bonds. The van der Waals surface area contributed by atoms with Gasteiger partial charge in [-0.25, -0.2) is 13.1 Å². The van der Waals surface area contributed by atoms with Gasteiger partial charge in [0.05, 0.1) is 4.90 Å². The van der Waals surface area contributed by atoms with Gasteiger partial charge in [0.2, 0.25) is 10.0 Å². The molecule has 3 aromatic carbocycles. The second-order valence-corrected chi connectivity index (χ2v) is 9.59. The van der Waals surface area contributed by atoms with Crippen LogP contribution in [0.2, 0.25) is 0 Å². The molecule has 4 rings (SSSR count). The molecular formula is C25H22F3NO2S. The topological polar surface area (TPSA) is 46.2 Å². The van der Waals surface area contributed by atoms with Gasteiger partial charge in [0.25, 0.3) is 0 Å². The van der Waals surface area contributed by atoms with Gasteiger partial charge < -0.3 is 0 Å². The van der Waals surface area contributed by atoms with Crippen LogP contribution in [-0.4, -0.2) is 21.1 Å². The predicted molar refractivity (Wildman–Crippen MR) is 120 cm³/mol. The van der Waals surface area contributed by atoms with E-state index in [2.05, 4.69) is 0 Å². The van der Waals surface area contributed by atoms with Crippen LogP contribution >= 0.6 is 0 Å². The SMILES string of the molecule is Cc1ccc(C=C2c3ccccc3CCc3ccccc32)c(S(=O)(=O)NCC(F)(F)F)c1. The Balaban J connectivity index is 1.90. The summed E-state index contributed by atoms with van der Waals surface area (Å²) < 4.78 is 65.4.